The number of nitrogens with zero attached hydrogens (tertiary/aromatic N) is 3. The van der Waals surface area contributed by atoms with Gasteiger partial charge in [0.2, 0.25) is 0 Å². The van der Waals surface area contributed by atoms with Gasteiger partial charge in [0, 0.05) is 50.5 Å². The fourth-order valence-electron chi connectivity index (χ4n) is 11.7. The Bertz CT molecular complexity index is 4050. The highest BCUT2D eigenvalue weighted by Crippen LogP contribution is 2.57. The molecular weight excluding hydrogens is 847 g/mol. The maximum absolute atomic E-state index is 2.46. The normalized spacial score (nSPS) is 12.7. The monoisotopic (exact) mass is 891 g/mol. The van der Waals surface area contributed by atoms with Gasteiger partial charge in [-0.3, -0.25) is 0 Å². The molecule has 0 N–H and O–H groups in total. The van der Waals surface area contributed by atoms with E-state index in [0.29, 0.717) is 0 Å². The van der Waals surface area contributed by atoms with Crippen molar-refractivity contribution in [2.24, 2.45) is 0 Å². The van der Waals surface area contributed by atoms with Crippen LogP contribution >= 0.6 is 0 Å². The fraction of sp³-hybridized carbons (Fsp3) is 0.0149. The Morgan fingerprint density at radius 3 is 1.69 bits per heavy atom. The van der Waals surface area contributed by atoms with E-state index in [0.717, 1.165) is 34.0 Å². The number of para-hydroxylation sites is 2. The molecule has 3 heteroatoms. The van der Waals surface area contributed by atoms with E-state index in [-0.39, 0.29) is 0 Å². The van der Waals surface area contributed by atoms with Crippen molar-refractivity contribution in [1.82, 2.24) is 9.13 Å². The van der Waals surface area contributed by atoms with E-state index in [2.05, 4.69) is 287 Å². The lowest BCUT2D eigenvalue weighted by atomic mass is 9.67. The number of rotatable bonds is 8. The minimum absolute atomic E-state index is 0.508. The van der Waals surface area contributed by atoms with Gasteiger partial charge in [-0.15, -0.1) is 0 Å². The molecule has 70 heavy (non-hydrogen) atoms. The summed E-state index contributed by atoms with van der Waals surface area (Å²) in [5.74, 6) is 0. The van der Waals surface area contributed by atoms with Gasteiger partial charge in [0.1, 0.15) is 0 Å². The van der Waals surface area contributed by atoms with Crippen LogP contribution in [0.5, 0.6) is 0 Å². The average molecular weight is 892 g/mol. The molecule has 14 rings (SSSR count). The zero-order chi connectivity index (χ0) is 46.2. The largest absolute Gasteiger partial charge is 0.316 e. The number of hydrogen-bond acceptors (Lipinski definition) is 1. The van der Waals surface area contributed by atoms with Gasteiger partial charge >= 0.3 is 0 Å². The lowest BCUT2D eigenvalue weighted by molar-refractivity contribution is 0.768. The third-order valence-corrected chi connectivity index (χ3v) is 14.8. The van der Waals surface area contributed by atoms with E-state index in [9.17, 15) is 0 Å². The Balaban J connectivity index is 0.869. The van der Waals surface area contributed by atoms with Crippen LogP contribution in [-0.4, -0.2) is 9.13 Å². The maximum Gasteiger partial charge on any atom is 0.0714 e. The minimum atomic E-state index is -0.508. The summed E-state index contributed by atoms with van der Waals surface area (Å²) in [6.07, 6.45) is 2.20. The van der Waals surface area contributed by atoms with E-state index in [1.807, 2.05) is 0 Å². The molecule has 0 aliphatic heterocycles. The Morgan fingerprint density at radius 1 is 0.329 bits per heavy atom. The van der Waals surface area contributed by atoms with E-state index >= 15 is 0 Å². The molecular formula is C67H45N3. The van der Waals surface area contributed by atoms with Crippen LogP contribution in [-0.2, 0) is 5.41 Å². The molecule has 1 aliphatic carbocycles. The molecule has 0 bridgehead atoms. The van der Waals surface area contributed by atoms with Crippen LogP contribution in [0.4, 0.5) is 17.1 Å². The predicted octanol–water partition coefficient (Wildman–Crippen LogP) is 17.4. The predicted molar refractivity (Wildman–Crippen MR) is 293 cm³/mol. The van der Waals surface area contributed by atoms with E-state index in [1.54, 1.807) is 0 Å². The molecule has 0 saturated carbocycles. The van der Waals surface area contributed by atoms with E-state index in [4.69, 9.17) is 0 Å². The van der Waals surface area contributed by atoms with Gasteiger partial charge < -0.3 is 14.0 Å². The molecule has 328 valence electrons. The third-order valence-electron chi connectivity index (χ3n) is 14.8. The first-order valence-electron chi connectivity index (χ1n) is 24.2. The smallest absolute Gasteiger partial charge is 0.0714 e. The topological polar surface area (TPSA) is 13.1 Å². The first kappa shape index (κ1) is 39.9. The highest BCUT2D eigenvalue weighted by atomic mass is 15.1. The highest BCUT2D eigenvalue weighted by molar-refractivity contribution is 6.13. The third kappa shape index (κ3) is 6.08. The summed E-state index contributed by atoms with van der Waals surface area (Å²) in [6.45, 7) is 0. The van der Waals surface area contributed by atoms with Gasteiger partial charge in [-0.2, -0.15) is 0 Å². The molecule has 0 unspecified atom stereocenters. The SMILES string of the molecule is c1ccc(-n2c3ccccc3c3cc4ccn(-c5ccc(-c6ccc(N(c7ccc8c(c7)C(c7ccccc7)(c7ccccc7)c7ccccc7-8)c7cccc8ccccc78)cc6)cc5)c4cc32)cc1. The van der Waals surface area contributed by atoms with Crippen molar-refractivity contribution >= 4 is 60.5 Å². The molecule has 2 aromatic heterocycles. The summed E-state index contributed by atoms with van der Waals surface area (Å²) in [6, 6.07) is 98.1. The maximum atomic E-state index is 2.46. The van der Waals surface area contributed by atoms with Crippen LogP contribution in [0.3, 0.4) is 0 Å². The van der Waals surface area contributed by atoms with Gasteiger partial charge in [-0.05, 0) is 129 Å². The summed E-state index contributed by atoms with van der Waals surface area (Å²) in [5.41, 5.74) is 18.7. The highest BCUT2D eigenvalue weighted by Gasteiger charge is 2.46. The van der Waals surface area contributed by atoms with Gasteiger partial charge in [-0.1, -0.05) is 188 Å². The number of benzene rings is 11. The lowest BCUT2D eigenvalue weighted by Crippen LogP contribution is -2.28. The van der Waals surface area contributed by atoms with Crippen molar-refractivity contribution in [3.63, 3.8) is 0 Å². The first-order chi connectivity index (χ1) is 34.7. The van der Waals surface area contributed by atoms with Crippen LogP contribution in [0.1, 0.15) is 22.3 Å². The van der Waals surface area contributed by atoms with Crippen molar-refractivity contribution in [1.29, 1.82) is 0 Å². The molecule has 3 nitrogen and oxygen atoms in total. The van der Waals surface area contributed by atoms with Gasteiger partial charge in [0.05, 0.1) is 27.7 Å². The quantitative estimate of drug-likeness (QED) is 0.148. The Kier molecular flexibility index (Phi) is 9.11. The van der Waals surface area contributed by atoms with Gasteiger partial charge in [0.25, 0.3) is 0 Å². The second kappa shape index (κ2) is 16.0. The molecule has 0 saturated heterocycles. The van der Waals surface area contributed by atoms with Crippen LogP contribution in [0.15, 0.2) is 273 Å². The second-order valence-electron chi connectivity index (χ2n) is 18.5. The molecule has 2 heterocycles. The zero-order valence-corrected chi connectivity index (χ0v) is 38.3. The second-order valence-corrected chi connectivity index (χ2v) is 18.5. The van der Waals surface area contributed by atoms with Crippen molar-refractivity contribution < 1.29 is 0 Å². The number of hydrogen-bond donors (Lipinski definition) is 0. The Labute approximate surface area is 407 Å². The summed E-state index contributed by atoms with van der Waals surface area (Å²) in [7, 11) is 0. The lowest BCUT2D eigenvalue weighted by Gasteiger charge is -2.35. The number of anilines is 3. The Morgan fingerprint density at radius 2 is 0.929 bits per heavy atom. The molecule has 0 spiro atoms. The molecule has 0 fully saturated rings. The van der Waals surface area contributed by atoms with Crippen molar-refractivity contribution in [3.05, 3.63) is 295 Å². The molecule has 13 aromatic rings. The standard InChI is InChI=1S/C67H45N3/c1-4-19-50(20-5-1)67(51-21-6-2-7-22-51)61-28-14-12-26-57(61)58-40-39-55(44-62(58)67)69(63-30-16-18-48-17-10-11-25-56(48)63)54-37-33-47(34-38-54)46-31-35-52(36-32-46)68-42-41-49-43-60-59-27-13-15-29-64(59)70(66(60)45-65(49)68)53-23-8-3-9-24-53/h1-45H. The Hall–Kier alpha value is -9.18. The van der Waals surface area contributed by atoms with Crippen LogP contribution in [0, 0.1) is 0 Å². The van der Waals surface area contributed by atoms with Crippen LogP contribution < -0.4 is 4.90 Å². The molecule has 0 atom stereocenters. The molecule has 11 aromatic carbocycles. The van der Waals surface area contributed by atoms with Gasteiger partial charge in [-0.25, -0.2) is 0 Å². The minimum Gasteiger partial charge on any atom is -0.316 e. The van der Waals surface area contributed by atoms with Crippen molar-refractivity contribution in [3.8, 4) is 33.6 Å². The molecule has 1 aliphatic rings. The van der Waals surface area contributed by atoms with Gasteiger partial charge in [0.15, 0.2) is 0 Å². The average Bonchev–Trinajstić information content (AvgIpc) is 4.10. The summed E-state index contributed by atoms with van der Waals surface area (Å²) < 4.78 is 4.71. The van der Waals surface area contributed by atoms with Crippen LogP contribution in [0.25, 0.3) is 77.1 Å². The number of aromatic nitrogens is 2. The van der Waals surface area contributed by atoms with Crippen molar-refractivity contribution in [2.75, 3.05) is 4.90 Å². The fourth-order valence-corrected chi connectivity index (χ4v) is 11.7. The van der Waals surface area contributed by atoms with E-state index in [1.165, 1.54) is 82.4 Å². The molecule has 0 radical (unpaired) electrons. The summed E-state index contributed by atoms with van der Waals surface area (Å²) in [5, 5.41) is 6.15. The number of fused-ring (bicyclic) bond motifs is 8. The summed E-state index contributed by atoms with van der Waals surface area (Å²) in [4.78, 5) is 2.45. The zero-order valence-electron chi connectivity index (χ0n) is 38.3. The molecule has 0 amide bonds. The van der Waals surface area contributed by atoms with Crippen molar-refractivity contribution in [2.45, 2.75) is 5.41 Å². The van der Waals surface area contributed by atoms with E-state index < -0.39 is 5.41 Å². The first-order valence-corrected chi connectivity index (χ1v) is 24.2. The summed E-state index contributed by atoms with van der Waals surface area (Å²) >= 11 is 0. The van der Waals surface area contributed by atoms with Crippen LogP contribution in [0.2, 0.25) is 0 Å².